The summed E-state index contributed by atoms with van der Waals surface area (Å²) in [4.78, 5) is 13.4. The van der Waals surface area contributed by atoms with Crippen LogP contribution >= 0.6 is 23.2 Å². The number of methoxy groups -OCH3 is 1. The van der Waals surface area contributed by atoms with E-state index in [2.05, 4.69) is 0 Å². The van der Waals surface area contributed by atoms with Crippen LogP contribution in [-0.4, -0.2) is 24.1 Å². The Morgan fingerprint density at radius 3 is 2.53 bits per heavy atom. The van der Waals surface area contributed by atoms with Gasteiger partial charge < -0.3 is 9.64 Å². The molecule has 3 nitrogen and oxygen atoms in total. The molecule has 17 heavy (non-hydrogen) atoms. The molecule has 0 N–H and O–H groups in total. The molecule has 1 atom stereocenters. The van der Waals surface area contributed by atoms with E-state index in [1.165, 1.54) is 12.0 Å². The van der Waals surface area contributed by atoms with Gasteiger partial charge in [-0.25, -0.2) is 0 Å². The number of hydrogen-bond acceptors (Lipinski definition) is 2. The lowest BCUT2D eigenvalue weighted by atomic mass is 10.2. The first-order chi connectivity index (χ1) is 8.15. The second kappa shape index (κ2) is 5.08. The predicted molar refractivity (Wildman–Crippen MR) is 66.5 cm³/mol. The van der Waals surface area contributed by atoms with Crippen LogP contribution in [0.4, 0.5) is 0 Å². The summed E-state index contributed by atoms with van der Waals surface area (Å²) in [7, 11) is 1.49. The number of benzene rings is 1. The van der Waals surface area contributed by atoms with Crippen molar-refractivity contribution in [3.63, 3.8) is 0 Å². The van der Waals surface area contributed by atoms with Gasteiger partial charge in [-0.2, -0.15) is 0 Å². The van der Waals surface area contributed by atoms with Crippen molar-refractivity contribution in [3.8, 4) is 0 Å². The second-order valence-corrected chi connectivity index (χ2v) is 4.45. The van der Waals surface area contributed by atoms with Crippen LogP contribution in [0.15, 0.2) is 40.4 Å². The zero-order valence-corrected chi connectivity index (χ0v) is 10.7. The average molecular weight is 272 g/mol. The van der Waals surface area contributed by atoms with Gasteiger partial charge in [0.1, 0.15) is 5.03 Å². The quantitative estimate of drug-likeness (QED) is 0.846. The highest BCUT2D eigenvalue weighted by Gasteiger charge is 2.37. The van der Waals surface area contributed by atoms with E-state index in [9.17, 15) is 4.79 Å². The normalized spacial score (nSPS) is 20.3. The van der Waals surface area contributed by atoms with Gasteiger partial charge in [-0.1, -0.05) is 53.5 Å². The van der Waals surface area contributed by atoms with Gasteiger partial charge >= 0.3 is 0 Å². The van der Waals surface area contributed by atoms with Crippen LogP contribution in [0.1, 0.15) is 5.56 Å². The van der Waals surface area contributed by atoms with E-state index in [0.717, 1.165) is 5.56 Å². The zero-order valence-electron chi connectivity index (χ0n) is 9.19. The van der Waals surface area contributed by atoms with Crippen LogP contribution in [0, 0.1) is 0 Å². The molecule has 1 heterocycles. The Bertz CT molecular complexity index is 459. The molecule has 2 rings (SSSR count). The van der Waals surface area contributed by atoms with Crippen LogP contribution in [0.3, 0.4) is 0 Å². The summed E-state index contributed by atoms with van der Waals surface area (Å²) in [5, 5.41) is 0.282. The number of carbonyl (C=O) groups excluding carboxylic acids is 1. The summed E-state index contributed by atoms with van der Waals surface area (Å²) in [6.45, 7) is 0.421. The van der Waals surface area contributed by atoms with E-state index in [1.54, 1.807) is 0 Å². The van der Waals surface area contributed by atoms with Crippen LogP contribution in [0.5, 0.6) is 0 Å². The summed E-state index contributed by atoms with van der Waals surface area (Å²) < 4.78 is 5.18. The first-order valence-electron chi connectivity index (χ1n) is 5.08. The lowest BCUT2D eigenvalue weighted by Crippen LogP contribution is -2.35. The van der Waals surface area contributed by atoms with E-state index in [1.807, 2.05) is 30.3 Å². The van der Waals surface area contributed by atoms with Crippen LogP contribution in [0.25, 0.3) is 0 Å². The van der Waals surface area contributed by atoms with Crippen molar-refractivity contribution < 1.29 is 9.53 Å². The third-order valence-electron chi connectivity index (χ3n) is 2.58. The minimum atomic E-state index is -0.586. The zero-order chi connectivity index (χ0) is 12.4. The van der Waals surface area contributed by atoms with Crippen molar-refractivity contribution in [1.29, 1.82) is 0 Å². The molecular formula is C12H11Cl2NO2. The standard InChI is InChI=1S/C12H11Cl2NO2/c1-17-12-10(14)9(13)11(16)15(12)7-8-5-3-2-4-6-8/h2-6,12H,7H2,1H3. The summed E-state index contributed by atoms with van der Waals surface area (Å²) in [5.41, 5.74) is 0.999. The maximum atomic E-state index is 11.9. The maximum absolute atomic E-state index is 11.9. The summed E-state index contributed by atoms with van der Waals surface area (Å²) in [5.74, 6) is -0.299. The summed E-state index contributed by atoms with van der Waals surface area (Å²) >= 11 is 11.8. The number of carbonyl (C=O) groups is 1. The Hall–Kier alpha value is -1.03. The largest absolute Gasteiger partial charge is 0.356 e. The monoisotopic (exact) mass is 271 g/mol. The fraction of sp³-hybridized carbons (Fsp3) is 0.250. The minimum absolute atomic E-state index is 0.0365. The van der Waals surface area contributed by atoms with Gasteiger partial charge in [0.05, 0.1) is 5.03 Å². The Balaban J connectivity index is 2.20. The van der Waals surface area contributed by atoms with Crippen LogP contribution in [-0.2, 0) is 16.1 Å². The Labute approximate surface area is 110 Å². The summed E-state index contributed by atoms with van der Waals surface area (Å²) in [6, 6.07) is 9.60. The molecule has 0 bridgehead atoms. The SMILES string of the molecule is COC1C(Cl)=C(Cl)C(=O)N1Cc1ccccc1. The predicted octanol–water partition coefficient (Wildman–Crippen LogP) is 2.69. The highest BCUT2D eigenvalue weighted by Crippen LogP contribution is 2.32. The second-order valence-electron chi connectivity index (χ2n) is 3.67. The highest BCUT2D eigenvalue weighted by molar-refractivity contribution is 6.49. The Morgan fingerprint density at radius 1 is 1.29 bits per heavy atom. The molecule has 1 unspecified atom stereocenters. The molecule has 5 heteroatoms. The topological polar surface area (TPSA) is 29.5 Å². The lowest BCUT2D eigenvalue weighted by molar-refractivity contribution is -0.133. The molecular weight excluding hydrogens is 261 g/mol. The molecule has 0 aliphatic carbocycles. The number of nitrogens with zero attached hydrogens (tertiary/aromatic N) is 1. The molecule has 0 spiro atoms. The van der Waals surface area contributed by atoms with Crippen molar-refractivity contribution in [2.75, 3.05) is 7.11 Å². The van der Waals surface area contributed by atoms with Gasteiger partial charge in [-0.05, 0) is 5.56 Å². The van der Waals surface area contributed by atoms with E-state index >= 15 is 0 Å². The van der Waals surface area contributed by atoms with Gasteiger partial charge in [0.15, 0.2) is 6.23 Å². The van der Waals surface area contributed by atoms with Crippen molar-refractivity contribution in [2.45, 2.75) is 12.8 Å². The van der Waals surface area contributed by atoms with E-state index in [4.69, 9.17) is 27.9 Å². The fourth-order valence-electron chi connectivity index (χ4n) is 1.75. The molecule has 0 saturated carbocycles. The molecule has 90 valence electrons. The average Bonchev–Trinajstić information content (AvgIpc) is 2.55. The number of halogens is 2. The molecule has 1 aromatic rings. The number of hydrogen-bond donors (Lipinski definition) is 0. The molecule has 0 saturated heterocycles. The molecule has 0 radical (unpaired) electrons. The number of amides is 1. The van der Waals surface area contributed by atoms with Crippen molar-refractivity contribution in [1.82, 2.24) is 4.90 Å². The smallest absolute Gasteiger partial charge is 0.269 e. The first-order valence-corrected chi connectivity index (χ1v) is 5.83. The Kier molecular flexibility index (Phi) is 3.72. The fourth-order valence-corrected chi connectivity index (χ4v) is 2.24. The van der Waals surface area contributed by atoms with Gasteiger partial charge in [-0.15, -0.1) is 0 Å². The van der Waals surface area contributed by atoms with Crippen molar-refractivity contribution in [2.24, 2.45) is 0 Å². The van der Waals surface area contributed by atoms with E-state index in [-0.39, 0.29) is 16.0 Å². The van der Waals surface area contributed by atoms with Crippen molar-refractivity contribution in [3.05, 3.63) is 46.0 Å². The van der Waals surface area contributed by atoms with Gasteiger partial charge in [-0.3, -0.25) is 4.79 Å². The number of ether oxygens (including phenoxy) is 1. The molecule has 1 aromatic carbocycles. The Morgan fingerprint density at radius 2 is 1.94 bits per heavy atom. The van der Waals surface area contributed by atoms with Crippen LogP contribution < -0.4 is 0 Å². The van der Waals surface area contributed by atoms with Crippen molar-refractivity contribution >= 4 is 29.1 Å². The molecule has 0 aromatic heterocycles. The maximum Gasteiger partial charge on any atom is 0.269 e. The third-order valence-corrected chi connectivity index (χ3v) is 3.41. The minimum Gasteiger partial charge on any atom is -0.356 e. The third kappa shape index (κ3) is 2.32. The first kappa shape index (κ1) is 12.4. The number of rotatable bonds is 3. The molecule has 1 aliphatic rings. The van der Waals surface area contributed by atoms with Crippen LogP contribution in [0.2, 0.25) is 0 Å². The molecule has 0 fully saturated rings. The molecule has 1 aliphatic heterocycles. The van der Waals surface area contributed by atoms with Gasteiger partial charge in [0, 0.05) is 13.7 Å². The van der Waals surface area contributed by atoms with Gasteiger partial charge in [0.25, 0.3) is 5.91 Å². The van der Waals surface area contributed by atoms with Gasteiger partial charge in [0.2, 0.25) is 0 Å². The lowest BCUT2D eigenvalue weighted by Gasteiger charge is -2.24. The highest BCUT2D eigenvalue weighted by atomic mass is 35.5. The summed E-state index contributed by atoms with van der Waals surface area (Å²) in [6.07, 6.45) is -0.586. The van der Waals surface area contributed by atoms with E-state index in [0.29, 0.717) is 6.54 Å². The molecule has 1 amide bonds. The van der Waals surface area contributed by atoms with E-state index < -0.39 is 6.23 Å².